The van der Waals surface area contributed by atoms with E-state index in [9.17, 15) is 19.5 Å². The summed E-state index contributed by atoms with van der Waals surface area (Å²) in [5, 5.41) is 17.1. The fourth-order valence-corrected chi connectivity index (χ4v) is 3.24. The Labute approximate surface area is 160 Å². The number of hydrogen-bond donors (Lipinski definition) is 3. The molecule has 2 rings (SSSR count). The third-order valence-electron chi connectivity index (χ3n) is 4.05. The minimum atomic E-state index is -1.61. The van der Waals surface area contributed by atoms with E-state index in [1.54, 1.807) is 48.7 Å². The van der Waals surface area contributed by atoms with Crippen LogP contribution in [-0.4, -0.2) is 28.9 Å². The molecule has 1 aromatic heterocycles. The van der Waals surface area contributed by atoms with E-state index >= 15 is 0 Å². The number of amides is 2. The summed E-state index contributed by atoms with van der Waals surface area (Å²) in [6.07, 6.45) is 0.126. The zero-order chi connectivity index (χ0) is 19.3. The zero-order valence-corrected chi connectivity index (χ0v) is 15.9. The highest BCUT2D eigenvalue weighted by Gasteiger charge is 2.41. The molecular weight excluding hydrogens is 376 g/mol. The van der Waals surface area contributed by atoms with Gasteiger partial charge < -0.3 is 15.7 Å². The molecule has 0 saturated heterocycles. The highest BCUT2D eigenvalue weighted by molar-refractivity contribution is 7.12. The Hall–Kier alpha value is -2.38. The summed E-state index contributed by atoms with van der Waals surface area (Å²) < 4.78 is 0. The first-order chi connectivity index (χ1) is 12.3. The molecular formula is C18H19ClN2O4S. The summed E-state index contributed by atoms with van der Waals surface area (Å²) in [6, 6.07) is 8.74. The van der Waals surface area contributed by atoms with Crippen molar-refractivity contribution in [3.63, 3.8) is 0 Å². The molecule has 0 aliphatic heterocycles. The molecule has 1 heterocycles. The number of aliphatic carboxylic acids is 1. The zero-order valence-electron chi connectivity index (χ0n) is 14.3. The highest BCUT2D eigenvalue weighted by Crippen LogP contribution is 2.27. The Kier molecular flexibility index (Phi) is 6.39. The molecule has 2 amide bonds. The number of carboxylic acids is 1. The van der Waals surface area contributed by atoms with E-state index in [0.717, 1.165) is 0 Å². The molecule has 6 nitrogen and oxygen atoms in total. The van der Waals surface area contributed by atoms with Crippen molar-refractivity contribution >= 4 is 40.7 Å². The Morgan fingerprint density at radius 3 is 2.38 bits per heavy atom. The van der Waals surface area contributed by atoms with Crippen molar-refractivity contribution in [3.8, 4) is 0 Å². The van der Waals surface area contributed by atoms with Gasteiger partial charge in [0.2, 0.25) is 5.91 Å². The van der Waals surface area contributed by atoms with Gasteiger partial charge in [0.1, 0.15) is 6.04 Å². The van der Waals surface area contributed by atoms with Gasteiger partial charge >= 0.3 is 5.97 Å². The molecule has 138 valence electrons. The molecule has 2 atom stereocenters. The van der Waals surface area contributed by atoms with Crippen LogP contribution in [0.2, 0.25) is 5.02 Å². The van der Waals surface area contributed by atoms with E-state index in [2.05, 4.69) is 10.6 Å². The fourth-order valence-electron chi connectivity index (χ4n) is 2.49. The van der Waals surface area contributed by atoms with Gasteiger partial charge in [0, 0.05) is 5.02 Å². The molecule has 0 bridgehead atoms. The standard InChI is InChI=1S/C18H19ClN2O4S/c1-3-18(17(24)25,12-6-8-13(19)9-7-12)21-15(22)11(2)20-16(23)14-5-4-10-26-14/h4-11H,3H2,1-2H3,(H,20,23)(H,21,22)(H,24,25). The molecule has 1 aromatic carbocycles. The molecule has 8 heteroatoms. The number of thiophene rings is 1. The lowest BCUT2D eigenvalue weighted by Crippen LogP contribution is -2.56. The van der Waals surface area contributed by atoms with Gasteiger partial charge in [-0.2, -0.15) is 0 Å². The maximum absolute atomic E-state index is 12.6. The number of halogens is 1. The van der Waals surface area contributed by atoms with Gasteiger partial charge in [0.25, 0.3) is 5.91 Å². The lowest BCUT2D eigenvalue weighted by Gasteiger charge is -2.31. The van der Waals surface area contributed by atoms with E-state index in [0.29, 0.717) is 15.5 Å². The number of rotatable bonds is 7. The molecule has 26 heavy (non-hydrogen) atoms. The quantitative estimate of drug-likeness (QED) is 0.672. The van der Waals surface area contributed by atoms with Crippen molar-refractivity contribution in [2.45, 2.75) is 31.8 Å². The molecule has 0 radical (unpaired) electrons. The lowest BCUT2D eigenvalue weighted by molar-refractivity contribution is -0.148. The number of nitrogens with one attached hydrogen (secondary N) is 2. The van der Waals surface area contributed by atoms with Crippen molar-refractivity contribution in [3.05, 3.63) is 57.2 Å². The van der Waals surface area contributed by atoms with Crippen LogP contribution in [0.25, 0.3) is 0 Å². The fraction of sp³-hybridized carbons (Fsp3) is 0.278. The van der Waals surface area contributed by atoms with Crippen LogP contribution in [0.1, 0.15) is 35.5 Å². The van der Waals surface area contributed by atoms with Crippen LogP contribution < -0.4 is 10.6 Å². The van der Waals surface area contributed by atoms with Gasteiger partial charge in [0.05, 0.1) is 4.88 Å². The first kappa shape index (κ1) is 19.9. The SMILES string of the molecule is CCC(NC(=O)C(C)NC(=O)c1cccs1)(C(=O)O)c1ccc(Cl)cc1. The second-order valence-electron chi connectivity index (χ2n) is 5.73. The predicted molar refractivity (Wildman–Crippen MR) is 100 cm³/mol. The summed E-state index contributed by atoms with van der Waals surface area (Å²) in [6.45, 7) is 3.17. The lowest BCUT2D eigenvalue weighted by atomic mass is 9.87. The number of benzene rings is 1. The van der Waals surface area contributed by atoms with Gasteiger partial charge in [-0.3, -0.25) is 9.59 Å². The summed E-state index contributed by atoms with van der Waals surface area (Å²) in [7, 11) is 0. The van der Waals surface area contributed by atoms with Gasteiger partial charge in [-0.05, 0) is 42.5 Å². The topological polar surface area (TPSA) is 95.5 Å². The largest absolute Gasteiger partial charge is 0.479 e. The Balaban J connectivity index is 2.19. The van der Waals surface area contributed by atoms with Gasteiger partial charge in [-0.15, -0.1) is 11.3 Å². The Morgan fingerprint density at radius 1 is 1.23 bits per heavy atom. The van der Waals surface area contributed by atoms with Crippen molar-refractivity contribution in [1.29, 1.82) is 0 Å². The molecule has 0 saturated carbocycles. The molecule has 2 unspecified atom stereocenters. The summed E-state index contributed by atoms with van der Waals surface area (Å²) in [4.78, 5) is 37.1. The summed E-state index contributed by atoms with van der Waals surface area (Å²) >= 11 is 7.12. The summed E-state index contributed by atoms with van der Waals surface area (Å²) in [5.41, 5.74) is -1.20. The number of hydrogen-bond acceptors (Lipinski definition) is 4. The summed E-state index contributed by atoms with van der Waals surface area (Å²) in [5.74, 6) is -2.16. The molecule has 3 N–H and O–H groups in total. The van der Waals surface area contributed by atoms with E-state index < -0.39 is 23.5 Å². The number of carbonyl (C=O) groups is 3. The third kappa shape index (κ3) is 4.23. The molecule has 0 aliphatic carbocycles. The minimum absolute atomic E-state index is 0.126. The molecule has 2 aromatic rings. The van der Waals surface area contributed by atoms with E-state index in [-0.39, 0.29) is 12.3 Å². The van der Waals surface area contributed by atoms with E-state index in [4.69, 9.17) is 11.6 Å². The van der Waals surface area contributed by atoms with Crippen LogP contribution in [0.3, 0.4) is 0 Å². The van der Waals surface area contributed by atoms with Crippen LogP contribution >= 0.6 is 22.9 Å². The predicted octanol–water partition coefficient (Wildman–Crippen LogP) is 3.03. The first-order valence-electron chi connectivity index (χ1n) is 7.96. The normalized spacial score (nSPS) is 14.1. The molecule has 0 fully saturated rings. The maximum Gasteiger partial charge on any atom is 0.334 e. The maximum atomic E-state index is 12.6. The number of carboxylic acid groups (broad SMARTS) is 1. The van der Waals surface area contributed by atoms with Gasteiger partial charge in [-0.25, -0.2) is 4.79 Å². The Morgan fingerprint density at radius 2 is 1.88 bits per heavy atom. The van der Waals surface area contributed by atoms with Crippen molar-refractivity contribution in [2.75, 3.05) is 0 Å². The van der Waals surface area contributed by atoms with E-state index in [1.807, 2.05) is 0 Å². The van der Waals surface area contributed by atoms with Crippen LogP contribution in [0, 0.1) is 0 Å². The van der Waals surface area contributed by atoms with Gasteiger partial charge in [0.15, 0.2) is 5.54 Å². The van der Waals surface area contributed by atoms with Crippen molar-refractivity contribution in [2.24, 2.45) is 0 Å². The second-order valence-corrected chi connectivity index (χ2v) is 7.12. The van der Waals surface area contributed by atoms with Crippen LogP contribution in [0.5, 0.6) is 0 Å². The van der Waals surface area contributed by atoms with Crippen molar-refractivity contribution < 1.29 is 19.5 Å². The smallest absolute Gasteiger partial charge is 0.334 e. The van der Waals surface area contributed by atoms with Crippen LogP contribution in [-0.2, 0) is 15.1 Å². The van der Waals surface area contributed by atoms with Crippen LogP contribution in [0.4, 0.5) is 0 Å². The highest BCUT2D eigenvalue weighted by atomic mass is 35.5. The monoisotopic (exact) mass is 394 g/mol. The first-order valence-corrected chi connectivity index (χ1v) is 9.21. The third-order valence-corrected chi connectivity index (χ3v) is 5.18. The van der Waals surface area contributed by atoms with Crippen molar-refractivity contribution in [1.82, 2.24) is 10.6 Å². The van der Waals surface area contributed by atoms with Gasteiger partial charge in [-0.1, -0.05) is 36.7 Å². The Bertz CT molecular complexity index is 792. The average Bonchev–Trinajstić information content (AvgIpc) is 3.14. The molecule has 0 spiro atoms. The van der Waals surface area contributed by atoms with Crippen LogP contribution in [0.15, 0.2) is 41.8 Å². The second kappa shape index (κ2) is 8.33. The average molecular weight is 395 g/mol. The minimum Gasteiger partial charge on any atom is -0.479 e. The number of carbonyl (C=O) groups excluding carboxylic acids is 2. The van der Waals surface area contributed by atoms with E-state index in [1.165, 1.54) is 18.3 Å². The molecule has 0 aliphatic rings.